The number of hydrogen-bond donors (Lipinski definition) is 1. The van der Waals surface area contributed by atoms with Gasteiger partial charge in [0.25, 0.3) is 0 Å². The maximum atomic E-state index is 12.5. The van der Waals surface area contributed by atoms with Crippen molar-refractivity contribution in [3.8, 4) is 5.75 Å². The van der Waals surface area contributed by atoms with Gasteiger partial charge >= 0.3 is 5.97 Å². The third kappa shape index (κ3) is 4.27. The van der Waals surface area contributed by atoms with Crippen molar-refractivity contribution in [2.75, 3.05) is 26.0 Å². The molecule has 3 rings (SSSR count). The summed E-state index contributed by atoms with van der Waals surface area (Å²) in [5.41, 5.74) is -0.0848. The van der Waals surface area contributed by atoms with E-state index < -0.39 is 11.4 Å². The summed E-state index contributed by atoms with van der Waals surface area (Å²) in [4.78, 5) is 27.3. The van der Waals surface area contributed by atoms with E-state index in [1.807, 2.05) is 54.6 Å². The molecule has 0 aliphatic carbocycles. The second-order valence-corrected chi connectivity index (χ2v) is 7.65. The van der Waals surface area contributed by atoms with Crippen molar-refractivity contribution in [2.45, 2.75) is 23.2 Å². The highest BCUT2D eigenvalue weighted by molar-refractivity contribution is 8.00. The molecule has 2 aromatic rings. The first kappa shape index (κ1) is 19.3. The third-order valence-electron chi connectivity index (χ3n) is 5.13. The summed E-state index contributed by atoms with van der Waals surface area (Å²) in [6.45, 7) is 0.923. The van der Waals surface area contributed by atoms with Gasteiger partial charge in [0.05, 0.1) is 18.3 Å². The van der Waals surface area contributed by atoms with Gasteiger partial charge in [0.15, 0.2) is 0 Å². The monoisotopic (exact) mass is 385 g/mol. The van der Waals surface area contributed by atoms with E-state index in [0.29, 0.717) is 31.7 Å². The molecular weight excluding hydrogens is 362 g/mol. The first-order chi connectivity index (χ1) is 13.0. The number of benzene rings is 2. The van der Waals surface area contributed by atoms with Crippen LogP contribution in [0.4, 0.5) is 0 Å². The van der Waals surface area contributed by atoms with Crippen molar-refractivity contribution >= 4 is 23.6 Å². The zero-order valence-electron chi connectivity index (χ0n) is 15.3. The van der Waals surface area contributed by atoms with E-state index in [2.05, 4.69) is 0 Å². The highest BCUT2D eigenvalue weighted by Gasteiger charge is 2.43. The number of likely N-dealkylation sites (tertiary alicyclic amines) is 1. The van der Waals surface area contributed by atoms with E-state index in [1.54, 1.807) is 12.0 Å². The van der Waals surface area contributed by atoms with Gasteiger partial charge in [-0.3, -0.25) is 9.59 Å². The molecule has 0 aromatic heterocycles. The van der Waals surface area contributed by atoms with Crippen LogP contribution in [0.15, 0.2) is 59.5 Å². The Balaban J connectivity index is 1.59. The van der Waals surface area contributed by atoms with E-state index in [9.17, 15) is 14.7 Å². The number of nitrogens with zero attached hydrogens (tertiary/aromatic N) is 1. The third-order valence-corrected chi connectivity index (χ3v) is 6.12. The molecule has 27 heavy (non-hydrogen) atoms. The van der Waals surface area contributed by atoms with Crippen LogP contribution >= 0.6 is 11.8 Å². The number of carbonyl (C=O) groups excluding carboxylic acids is 1. The fourth-order valence-electron chi connectivity index (χ4n) is 3.43. The number of carbonyl (C=O) groups is 2. The lowest BCUT2D eigenvalue weighted by Gasteiger charge is -2.39. The molecule has 1 N–H and O–H groups in total. The van der Waals surface area contributed by atoms with E-state index in [-0.39, 0.29) is 5.91 Å². The number of carboxylic acid groups (broad SMARTS) is 1. The van der Waals surface area contributed by atoms with Crippen molar-refractivity contribution in [2.24, 2.45) is 0 Å². The fraction of sp³-hybridized carbons (Fsp3) is 0.333. The second kappa shape index (κ2) is 8.48. The predicted octanol–water partition coefficient (Wildman–Crippen LogP) is 3.43. The molecule has 0 saturated carbocycles. The first-order valence-electron chi connectivity index (χ1n) is 8.89. The van der Waals surface area contributed by atoms with Crippen molar-refractivity contribution in [1.82, 2.24) is 4.90 Å². The average molecular weight is 385 g/mol. The molecule has 0 unspecified atom stereocenters. The number of ether oxygens (including phenoxy) is 1. The molecule has 0 spiro atoms. The number of thioether (sulfide) groups is 1. The van der Waals surface area contributed by atoms with Crippen molar-refractivity contribution in [3.05, 3.63) is 60.2 Å². The highest BCUT2D eigenvalue weighted by atomic mass is 32.2. The smallest absolute Gasteiger partial charge is 0.314 e. The van der Waals surface area contributed by atoms with Crippen LogP contribution in [-0.4, -0.2) is 47.8 Å². The van der Waals surface area contributed by atoms with E-state index in [4.69, 9.17) is 4.74 Å². The lowest BCUT2D eigenvalue weighted by molar-refractivity contribution is -0.147. The lowest BCUT2D eigenvalue weighted by atomic mass is 9.73. The molecular formula is C21H23NO4S. The molecule has 1 saturated heterocycles. The van der Waals surface area contributed by atoms with Crippen molar-refractivity contribution in [1.29, 1.82) is 0 Å². The van der Waals surface area contributed by atoms with Crippen LogP contribution < -0.4 is 4.74 Å². The Labute approximate surface area is 163 Å². The van der Waals surface area contributed by atoms with Gasteiger partial charge in [0.1, 0.15) is 5.75 Å². The van der Waals surface area contributed by atoms with E-state index in [1.165, 1.54) is 11.8 Å². The Bertz CT molecular complexity index is 784. The van der Waals surface area contributed by atoms with Crippen LogP contribution in [0, 0.1) is 0 Å². The predicted molar refractivity (Wildman–Crippen MR) is 105 cm³/mol. The normalized spacial score (nSPS) is 16.0. The van der Waals surface area contributed by atoms with Gasteiger partial charge < -0.3 is 14.7 Å². The number of amides is 1. The molecule has 1 heterocycles. The number of carboxylic acids is 1. The topological polar surface area (TPSA) is 66.8 Å². The zero-order chi connectivity index (χ0) is 19.3. The number of methoxy groups -OCH3 is 1. The van der Waals surface area contributed by atoms with Gasteiger partial charge in [-0.05, 0) is 42.7 Å². The lowest BCUT2D eigenvalue weighted by Crippen LogP contribution is -2.49. The van der Waals surface area contributed by atoms with Crippen LogP contribution in [0.2, 0.25) is 0 Å². The molecule has 0 atom stereocenters. The number of hydrogen-bond acceptors (Lipinski definition) is 4. The molecule has 1 amide bonds. The summed E-state index contributed by atoms with van der Waals surface area (Å²) in [6.07, 6.45) is 0.872. The van der Waals surface area contributed by atoms with Crippen LogP contribution in [0.5, 0.6) is 5.75 Å². The molecule has 0 radical (unpaired) electrons. The summed E-state index contributed by atoms with van der Waals surface area (Å²) in [7, 11) is 1.62. The van der Waals surface area contributed by atoms with Crippen LogP contribution in [0.25, 0.3) is 0 Å². The minimum atomic E-state index is -0.902. The average Bonchev–Trinajstić information content (AvgIpc) is 2.73. The van der Waals surface area contributed by atoms with Crippen LogP contribution in [-0.2, 0) is 15.0 Å². The van der Waals surface area contributed by atoms with Gasteiger partial charge in [-0.15, -0.1) is 11.8 Å². The van der Waals surface area contributed by atoms with Crippen LogP contribution in [0.3, 0.4) is 0 Å². The first-order valence-corrected chi connectivity index (χ1v) is 9.87. The van der Waals surface area contributed by atoms with Gasteiger partial charge in [0.2, 0.25) is 5.91 Å². The summed E-state index contributed by atoms with van der Waals surface area (Å²) < 4.78 is 5.13. The van der Waals surface area contributed by atoms with E-state index >= 15 is 0 Å². The minimum absolute atomic E-state index is 0.0443. The fourth-order valence-corrected chi connectivity index (χ4v) is 4.23. The molecule has 1 fully saturated rings. The van der Waals surface area contributed by atoms with E-state index in [0.717, 1.165) is 16.2 Å². The SMILES string of the molecule is COc1ccc(SCC(=O)N2CCC(C(=O)O)(c3ccccc3)CC2)cc1. The number of rotatable bonds is 6. The standard InChI is InChI=1S/C21H23NO4S/c1-26-17-7-9-18(10-8-17)27-15-19(23)22-13-11-21(12-14-22,20(24)25)16-5-3-2-4-6-16/h2-10H,11-15H2,1H3,(H,24,25). The maximum absolute atomic E-state index is 12.5. The zero-order valence-corrected chi connectivity index (χ0v) is 16.1. The molecule has 1 aliphatic rings. The maximum Gasteiger partial charge on any atom is 0.314 e. The quantitative estimate of drug-likeness (QED) is 0.772. The Kier molecular flexibility index (Phi) is 6.06. The van der Waals surface area contributed by atoms with Gasteiger partial charge in [-0.2, -0.15) is 0 Å². The largest absolute Gasteiger partial charge is 0.497 e. The van der Waals surface area contributed by atoms with Gasteiger partial charge in [0, 0.05) is 18.0 Å². The number of piperidine rings is 1. The Hall–Kier alpha value is -2.47. The minimum Gasteiger partial charge on any atom is -0.497 e. The summed E-state index contributed by atoms with van der Waals surface area (Å²) >= 11 is 1.48. The highest BCUT2D eigenvalue weighted by Crippen LogP contribution is 2.36. The van der Waals surface area contributed by atoms with Gasteiger partial charge in [-0.25, -0.2) is 0 Å². The number of aliphatic carboxylic acids is 1. The summed E-state index contributed by atoms with van der Waals surface area (Å²) in [5.74, 6) is 0.362. The van der Waals surface area contributed by atoms with Gasteiger partial charge in [-0.1, -0.05) is 30.3 Å². The molecule has 2 aromatic carbocycles. The molecule has 142 valence electrons. The Morgan fingerprint density at radius 2 is 1.70 bits per heavy atom. The summed E-state index contributed by atoms with van der Waals surface area (Å²) in [6, 6.07) is 16.9. The van der Waals surface area contributed by atoms with Crippen molar-refractivity contribution < 1.29 is 19.4 Å². The molecule has 6 heteroatoms. The van der Waals surface area contributed by atoms with Crippen LogP contribution in [0.1, 0.15) is 18.4 Å². The molecule has 5 nitrogen and oxygen atoms in total. The Morgan fingerprint density at radius 3 is 2.26 bits per heavy atom. The summed E-state index contributed by atoms with van der Waals surface area (Å²) in [5, 5.41) is 9.84. The Morgan fingerprint density at radius 1 is 1.07 bits per heavy atom. The van der Waals surface area contributed by atoms with Crippen molar-refractivity contribution in [3.63, 3.8) is 0 Å². The molecule has 0 bridgehead atoms. The second-order valence-electron chi connectivity index (χ2n) is 6.60. The molecule has 1 aliphatic heterocycles.